The molecule has 110 valence electrons. The van der Waals surface area contributed by atoms with E-state index in [-0.39, 0.29) is 24.1 Å². The lowest BCUT2D eigenvalue weighted by molar-refractivity contribution is -0.141. The first-order valence-corrected chi connectivity index (χ1v) is 7.02. The van der Waals surface area contributed by atoms with E-state index >= 15 is 0 Å². The number of nitrogens with one attached hydrogen (secondary N) is 1. The molecule has 0 saturated carbocycles. The van der Waals surface area contributed by atoms with Crippen LogP contribution < -0.4 is 11.1 Å². The average Bonchev–Trinajstić information content (AvgIpc) is 2.38. The maximum Gasteiger partial charge on any atom is 0.320 e. The highest BCUT2D eigenvalue weighted by molar-refractivity contribution is 7.99. The summed E-state index contributed by atoms with van der Waals surface area (Å²) in [6.07, 6.45) is 1.14. The summed E-state index contributed by atoms with van der Waals surface area (Å²) in [6.45, 7) is 0.420. The number of hydrogen-bond acceptors (Lipinski definition) is 6. The van der Waals surface area contributed by atoms with Crippen LogP contribution in [0.3, 0.4) is 0 Å². The van der Waals surface area contributed by atoms with E-state index in [9.17, 15) is 14.4 Å². The molecule has 4 N–H and O–H groups in total. The van der Waals surface area contributed by atoms with Crippen LogP contribution in [0.1, 0.15) is 19.3 Å². The molecule has 0 aromatic rings. The maximum absolute atomic E-state index is 11.3. The number of methoxy groups -OCH3 is 1. The van der Waals surface area contributed by atoms with Crippen molar-refractivity contribution in [1.29, 1.82) is 0 Å². The van der Waals surface area contributed by atoms with Crippen molar-refractivity contribution < 1.29 is 24.2 Å². The molecule has 0 saturated heterocycles. The molecular weight excluding hydrogens is 272 g/mol. The molecule has 0 aliphatic carbocycles. The van der Waals surface area contributed by atoms with Gasteiger partial charge in [0.25, 0.3) is 0 Å². The van der Waals surface area contributed by atoms with E-state index in [0.29, 0.717) is 25.1 Å². The van der Waals surface area contributed by atoms with E-state index in [2.05, 4.69) is 10.1 Å². The standard InChI is InChI=1S/C11H20N2O5S/c1-18-10(15)3-2-5-13-9(14)7-19-6-4-8(12)11(16)17/h8H,2-7,12H2,1H3,(H,13,14)(H,16,17). The normalized spacial score (nSPS) is 11.7. The van der Waals surface area contributed by atoms with Crippen LogP contribution in [0.5, 0.6) is 0 Å². The summed E-state index contributed by atoms with van der Waals surface area (Å²) < 4.78 is 4.46. The molecule has 0 aliphatic rings. The highest BCUT2D eigenvalue weighted by atomic mass is 32.2. The number of amides is 1. The third-order valence-corrected chi connectivity index (χ3v) is 3.22. The summed E-state index contributed by atoms with van der Waals surface area (Å²) in [7, 11) is 1.32. The molecule has 1 atom stereocenters. The van der Waals surface area contributed by atoms with Crippen LogP contribution in [0, 0.1) is 0 Å². The minimum Gasteiger partial charge on any atom is -0.480 e. The van der Waals surface area contributed by atoms with Crippen molar-refractivity contribution >= 4 is 29.6 Å². The molecule has 1 unspecified atom stereocenters. The second-order valence-electron chi connectivity index (χ2n) is 3.82. The van der Waals surface area contributed by atoms with Crippen molar-refractivity contribution in [3.8, 4) is 0 Å². The lowest BCUT2D eigenvalue weighted by Crippen LogP contribution is -2.31. The highest BCUT2D eigenvalue weighted by Gasteiger charge is 2.11. The topological polar surface area (TPSA) is 119 Å². The predicted octanol–water partition coefficient (Wildman–Crippen LogP) is -0.409. The Morgan fingerprint density at radius 3 is 2.68 bits per heavy atom. The molecule has 19 heavy (non-hydrogen) atoms. The van der Waals surface area contributed by atoms with Gasteiger partial charge in [0.05, 0.1) is 12.9 Å². The first kappa shape index (κ1) is 17.7. The first-order chi connectivity index (χ1) is 8.97. The first-order valence-electron chi connectivity index (χ1n) is 5.87. The molecule has 1 amide bonds. The second kappa shape index (κ2) is 10.6. The minimum absolute atomic E-state index is 0.140. The van der Waals surface area contributed by atoms with Crippen molar-refractivity contribution in [1.82, 2.24) is 5.32 Å². The van der Waals surface area contributed by atoms with E-state index in [4.69, 9.17) is 10.8 Å². The van der Waals surface area contributed by atoms with Gasteiger partial charge >= 0.3 is 11.9 Å². The van der Waals surface area contributed by atoms with E-state index in [1.54, 1.807) is 0 Å². The molecule has 0 rings (SSSR count). The Hall–Kier alpha value is -1.28. The summed E-state index contributed by atoms with van der Waals surface area (Å²) in [4.78, 5) is 32.6. The van der Waals surface area contributed by atoms with Crippen molar-refractivity contribution in [2.45, 2.75) is 25.3 Å². The van der Waals surface area contributed by atoms with Gasteiger partial charge in [0, 0.05) is 13.0 Å². The Morgan fingerprint density at radius 2 is 2.11 bits per heavy atom. The van der Waals surface area contributed by atoms with Crippen molar-refractivity contribution in [3.63, 3.8) is 0 Å². The van der Waals surface area contributed by atoms with Gasteiger partial charge in [0.2, 0.25) is 5.91 Å². The van der Waals surface area contributed by atoms with Gasteiger partial charge in [-0.15, -0.1) is 0 Å². The van der Waals surface area contributed by atoms with Crippen LogP contribution in [0.2, 0.25) is 0 Å². The zero-order valence-electron chi connectivity index (χ0n) is 10.9. The van der Waals surface area contributed by atoms with Crippen molar-refractivity contribution in [2.75, 3.05) is 25.2 Å². The van der Waals surface area contributed by atoms with E-state index < -0.39 is 12.0 Å². The molecule has 0 heterocycles. The molecule has 0 aromatic heterocycles. The average molecular weight is 292 g/mol. The number of esters is 1. The van der Waals surface area contributed by atoms with Crippen LogP contribution >= 0.6 is 11.8 Å². The summed E-state index contributed by atoms with van der Waals surface area (Å²) >= 11 is 1.33. The number of carbonyl (C=O) groups is 3. The van der Waals surface area contributed by atoms with Gasteiger partial charge in [0.1, 0.15) is 6.04 Å². The Bertz CT molecular complexity index is 311. The van der Waals surface area contributed by atoms with Crippen LogP contribution in [-0.4, -0.2) is 54.2 Å². The van der Waals surface area contributed by atoms with E-state index in [1.807, 2.05) is 0 Å². The number of aliphatic carboxylic acids is 1. The van der Waals surface area contributed by atoms with Crippen LogP contribution in [-0.2, 0) is 19.1 Å². The highest BCUT2D eigenvalue weighted by Crippen LogP contribution is 2.04. The SMILES string of the molecule is COC(=O)CCCNC(=O)CSCCC(N)C(=O)O. The smallest absolute Gasteiger partial charge is 0.320 e. The minimum atomic E-state index is -1.03. The Labute approximate surface area is 116 Å². The van der Waals surface area contributed by atoms with Gasteiger partial charge in [-0.3, -0.25) is 14.4 Å². The molecule has 7 nitrogen and oxygen atoms in total. The van der Waals surface area contributed by atoms with Crippen molar-refractivity contribution in [3.05, 3.63) is 0 Å². The number of carbonyl (C=O) groups excluding carboxylic acids is 2. The summed E-state index contributed by atoms with van der Waals surface area (Å²) in [6, 6.07) is -0.879. The molecule has 0 bridgehead atoms. The molecule has 0 radical (unpaired) electrons. The number of carboxylic acid groups (broad SMARTS) is 1. The largest absolute Gasteiger partial charge is 0.480 e. The molecule has 0 aliphatic heterocycles. The third kappa shape index (κ3) is 10.3. The fourth-order valence-corrected chi connectivity index (χ4v) is 1.96. The number of ether oxygens (including phenoxy) is 1. The van der Waals surface area contributed by atoms with Gasteiger partial charge in [-0.2, -0.15) is 11.8 Å². The lowest BCUT2D eigenvalue weighted by atomic mass is 10.2. The maximum atomic E-state index is 11.3. The van der Waals surface area contributed by atoms with Crippen LogP contribution in [0.4, 0.5) is 0 Å². The van der Waals surface area contributed by atoms with Gasteiger partial charge in [-0.1, -0.05) is 0 Å². The molecule has 0 aromatic carbocycles. The molecule has 0 fully saturated rings. The van der Waals surface area contributed by atoms with E-state index in [1.165, 1.54) is 18.9 Å². The zero-order valence-corrected chi connectivity index (χ0v) is 11.7. The Balaban J connectivity index is 3.45. The van der Waals surface area contributed by atoms with Gasteiger partial charge in [-0.25, -0.2) is 0 Å². The molecule has 8 heteroatoms. The summed E-state index contributed by atoms with van der Waals surface area (Å²) in [5, 5.41) is 11.2. The third-order valence-electron chi connectivity index (χ3n) is 2.23. The number of rotatable bonds is 10. The predicted molar refractivity (Wildman–Crippen MR) is 71.8 cm³/mol. The summed E-state index contributed by atoms with van der Waals surface area (Å²) in [5.74, 6) is -0.703. The summed E-state index contributed by atoms with van der Waals surface area (Å²) in [5.41, 5.74) is 5.32. The Morgan fingerprint density at radius 1 is 1.42 bits per heavy atom. The van der Waals surface area contributed by atoms with E-state index in [0.717, 1.165) is 0 Å². The van der Waals surface area contributed by atoms with Crippen LogP contribution in [0.15, 0.2) is 0 Å². The fraction of sp³-hybridized carbons (Fsp3) is 0.727. The number of hydrogen-bond donors (Lipinski definition) is 3. The van der Waals surface area contributed by atoms with Gasteiger partial charge < -0.3 is 20.9 Å². The second-order valence-corrected chi connectivity index (χ2v) is 4.92. The number of nitrogens with two attached hydrogens (primary N) is 1. The van der Waals surface area contributed by atoms with Crippen LogP contribution in [0.25, 0.3) is 0 Å². The zero-order chi connectivity index (χ0) is 14.7. The number of carboxylic acids is 1. The van der Waals surface area contributed by atoms with Gasteiger partial charge in [0.15, 0.2) is 0 Å². The molecule has 0 spiro atoms. The monoisotopic (exact) mass is 292 g/mol. The fourth-order valence-electron chi connectivity index (χ4n) is 1.11. The molecular formula is C11H20N2O5S. The quantitative estimate of drug-likeness (QED) is 0.370. The number of thioether (sulfide) groups is 1. The Kier molecular flexibility index (Phi) is 9.91. The van der Waals surface area contributed by atoms with Gasteiger partial charge in [-0.05, 0) is 18.6 Å². The lowest BCUT2D eigenvalue weighted by Gasteiger charge is -2.06. The van der Waals surface area contributed by atoms with Crippen molar-refractivity contribution in [2.24, 2.45) is 5.73 Å².